The van der Waals surface area contributed by atoms with Gasteiger partial charge < -0.3 is 0 Å². The van der Waals surface area contributed by atoms with Gasteiger partial charge in [0.2, 0.25) is 0 Å². The van der Waals surface area contributed by atoms with E-state index in [1.54, 1.807) is 0 Å². The topological polar surface area (TPSA) is 3.24 Å². The van der Waals surface area contributed by atoms with Crippen LogP contribution in [0.5, 0.6) is 0 Å². The van der Waals surface area contributed by atoms with Crippen molar-refractivity contribution in [3.63, 3.8) is 0 Å². The second-order valence-electron chi connectivity index (χ2n) is 6.41. The summed E-state index contributed by atoms with van der Waals surface area (Å²) in [6.07, 6.45) is 3.09. The van der Waals surface area contributed by atoms with Gasteiger partial charge in [0.1, 0.15) is 12.0 Å². The molecule has 0 N–H and O–H groups in total. The summed E-state index contributed by atoms with van der Waals surface area (Å²) in [4.78, 5) is 2.25. The third kappa shape index (κ3) is 2.26. The second kappa shape index (κ2) is 5.44. The van der Waals surface area contributed by atoms with E-state index in [9.17, 15) is 8.78 Å². The average molecular weight is 279 g/mol. The molecule has 0 saturated carbocycles. The van der Waals surface area contributed by atoms with Crippen molar-refractivity contribution in [2.75, 3.05) is 7.05 Å². The van der Waals surface area contributed by atoms with Crippen molar-refractivity contribution >= 4 is 0 Å². The molecule has 0 radical (unpaired) electrons. The Morgan fingerprint density at radius 1 is 1.20 bits per heavy atom. The third-order valence-corrected chi connectivity index (χ3v) is 5.32. The number of hydrogen-bond acceptors (Lipinski definition) is 1. The molecule has 0 aliphatic carbocycles. The molecule has 1 nitrogen and oxygen atoms in total. The van der Waals surface area contributed by atoms with Crippen LogP contribution in [-0.2, 0) is 0 Å². The van der Waals surface area contributed by atoms with E-state index in [1.165, 1.54) is 17.7 Å². The number of nitrogens with zero attached hydrogens (tertiary/aromatic N) is 1. The van der Waals surface area contributed by atoms with Gasteiger partial charge in [-0.3, -0.25) is 4.90 Å². The van der Waals surface area contributed by atoms with Crippen molar-refractivity contribution in [3.8, 4) is 0 Å². The highest BCUT2D eigenvalue weighted by atomic mass is 19.1. The summed E-state index contributed by atoms with van der Waals surface area (Å²) in [5.74, 6) is 0.534. The molecule has 4 unspecified atom stereocenters. The van der Waals surface area contributed by atoms with Crippen molar-refractivity contribution in [2.45, 2.75) is 56.8 Å². The standard InChI is InChI=1S/C17H23F2N/c1-3-4-14-15(11-5-7-12(18)8-6-11)9-13-10-16(19)17(14)20(13)2/h5-8,13-17H,3-4,9-10H2,1-2H3/t13?,14?,15?,16-,17?/m0/s1. The fourth-order valence-corrected chi connectivity index (χ4v) is 4.40. The molecule has 2 fully saturated rings. The van der Waals surface area contributed by atoms with Crippen LogP contribution in [0.25, 0.3) is 0 Å². The number of hydrogen-bond donors (Lipinski definition) is 0. The molecule has 0 amide bonds. The Bertz CT molecular complexity index is 459. The van der Waals surface area contributed by atoms with Crippen molar-refractivity contribution in [2.24, 2.45) is 5.92 Å². The lowest BCUT2D eigenvalue weighted by molar-refractivity contribution is 0.0705. The van der Waals surface area contributed by atoms with Gasteiger partial charge in [-0.25, -0.2) is 8.78 Å². The normalized spacial score (nSPS) is 37.3. The summed E-state index contributed by atoms with van der Waals surface area (Å²) in [5, 5.41) is 0. The van der Waals surface area contributed by atoms with Gasteiger partial charge in [0, 0.05) is 12.1 Å². The molecule has 110 valence electrons. The summed E-state index contributed by atoms with van der Waals surface area (Å²) >= 11 is 0. The molecule has 3 rings (SSSR count). The minimum absolute atomic E-state index is 0.0451. The summed E-state index contributed by atoms with van der Waals surface area (Å²) in [7, 11) is 2.07. The maximum Gasteiger partial charge on any atom is 0.123 e. The number of rotatable bonds is 3. The summed E-state index contributed by atoms with van der Waals surface area (Å²) < 4.78 is 27.5. The molecule has 0 aromatic heterocycles. The van der Waals surface area contributed by atoms with Crippen LogP contribution in [0.2, 0.25) is 0 Å². The summed E-state index contributed by atoms with van der Waals surface area (Å²) in [5.41, 5.74) is 1.18. The molecule has 2 bridgehead atoms. The Kier molecular flexibility index (Phi) is 3.80. The van der Waals surface area contributed by atoms with E-state index in [0.717, 1.165) is 19.3 Å². The first-order valence-electron chi connectivity index (χ1n) is 7.73. The van der Waals surface area contributed by atoms with Crippen LogP contribution in [0.1, 0.15) is 44.1 Å². The van der Waals surface area contributed by atoms with E-state index in [2.05, 4.69) is 18.9 Å². The van der Waals surface area contributed by atoms with Crippen LogP contribution in [0.3, 0.4) is 0 Å². The summed E-state index contributed by atoms with van der Waals surface area (Å²) in [6, 6.07) is 7.24. The van der Waals surface area contributed by atoms with E-state index >= 15 is 0 Å². The minimum Gasteiger partial charge on any atom is -0.297 e. The Morgan fingerprint density at radius 2 is 1.90 bits per heavy atom. The Hall–Kier alpha value is -0.960. The van der Waals surface area contributed by atoms with Gasteiger partial charge in [0.05, 0.1) is 0 Å². The van der Waals surface area contributed by atoms with Gasteiger partial charge in [0.15, 0.2) is 0 Å². The van der Waals surface area contributed by atoms with Crippen LogP contribution < -0.4 is 0 Å². The van der Waals surface area contributed by atoms with Crippen LogP contribution >= 0.6 is 0 Å². The lowest BCUT2D eigenvalue weighted by atomic mass is 9.74. The van der Waals surface area contributed by atoms with E-state index in [0.29, 0.717) is 24.3 Å². The van der Waals surface area contributed by atoms with Gasteiger partial charge in [-0.05, 0) is 55.8 Å². The van der Waals surface area contributed by atoms with Gasteiger partial charge in [-0.2, -0.15) is 0 Å². The van der Waals surface area contributed by atoms with Crippen LogP contribution in [0.15, 0.2) is 24.3 Å². The second-order valence-corrected chi connectivity index (χ2v) is 6.41. The number of halogens is 2. The Labute approximate surface area is 120 Å². The highest BCUT2D eigenvalue weighted by Gasteiger charge is 2.50. The molecule has 1 aromatic rings. The van der Waals surface area contributed by atoms with Crippen molar-refractivity contribution < 1.29 is 8.78 Å². The van der Waals surface area contributed by atoms with E-state index < -0.39 is 6.17 Å². The molecule has 0 spiro atoms. The predicted octanol–water partition coefficient (Wildman–Crippen LogP) is 4.14. The third-order valence-electron chi connectivity index (χ3n) is 5.32. The number of alkyl halides is 1. The van der Waals surface area contributed by atoms with Crippen molar-refractivity contribution in [1.82, 2.24) is 4.90 Å². The first kappa shape index (κ1) is 14.0. The Balaban J connectivity index is 1.91. The molecular weight excluding hydrogens is 256 g/mol. The zero-order valence-corrected chi connectivity index (χ0v) is 12.2. The molecule has 2 heterocycles. The maximum atomic E-state index is 14.4. The molecular formula is C17H23F2N. The van der Waals surface area contributed by atoms with Crippen molar-refractivity contribution in [1.29, 1.82) is 0 Å². The monoisotopic (exact) mass is 279 g/mol. The molecule has 2 aliphatic rings. The number of benzene rings is 1. The SMILES string of the molecule is CCCC1C(c2ccc(F)cc2)CC2C[C@H](F)C1N2C. The molecule has 2 aliphatic heterocycles. The fourth-order valence-electron chi connectivity index (χ4n) is 4.40. The van der Waals surface area contributed by atoms with Gasteiger partial charge >= 0.3 is 0 Å². The maximum absolute atomic E-state index is 14.4. The van der Waals surface area contributed by atoms with E-state index in [1.807, 2.05) is 12.1 Å². The Morgan fingerprint density at radius 3 is 2.55 bits per heavy atom. The number of fused-ring (bicyclic) bond motifs is 2. The van der Waals surface area contributed by atoms with Gasteiger partial charge in [-0.1, -0.05) is 25.5 Å². The lowest BCUT2D eigenvalue weighted by Gasteiger charge is -2.43. The van der Waals surface area contributed by atoms with Crippen LogP contribution in [0, 0.1) is 11.7 Å². The van der Waals surface area contributed by atoms with Gasteiger partial charge in [0.25, 0.3) is 0 Å². The van der Waals surface area contributed by atoms with E-state index in [-0.39, 0.29) is 11.9 Å². The van der Waals surface area contributed by atoms with E-state index in [4.69, 9.17) is 0 Å². The molecule has 3 heteroatoms. The van der Waals surface area contributed by atoms with Gasteiger partial charge in [-0.15, -0.1) is 0 Å². The number of piperidine rings is 1. The highest BCUT2D eigenvalue weighted by Crippen LogP contribution is 2.48. The highest BCUT2D eigenvalue weighted by molar-refractivity contribution is 5.24. The van der Waals surface area contributed by atoms with Crippen molar-refractivity contribution in [3.05, 3.63) is 35.6 Å². The summed E-state index contributed by atoms with van der Waals surface area (Å²) in [6.45, 7) is 2.16. The largest absolute Gasteiger partial charge is 0.297 e. The smallest absolute Gasteiger partial charge is 0.123 e. The minimum atomic E-state index is -0.702. The van der Waals surface area contributed by atoms with Crippen LogP contribution in [-0.4, -0.2) is 30.2 Å². The molecule has 2 saturated heterocycles. The molecule has 1 aromatic carbocycles. The predicted molar refractivity (Wildman–Crippen MR) is 77.0 cm³/mol. The zero-order valence-electron chi connectivity index (χ0n) is 12.2. The first-order valence-corrected chi connectivity index (χ1v) is 7.73. The quantitative estimate of drug-likeness (QED) is 0.803. The van der Waals surface area contributed by atoms with Crippen LogP contribution in [0.4, 0.5) is 8.78 Å². The lowest BCUT2D eigenvalue weighted by Crippen LogP contribution is -2.47. The fraction of sp³-hybridized carbons (Fsp3) is 0.647. The molecule has 20 heavy (non-hydrogen) atoms. The molecule has 5 atom stereocenters. The zero-order chi connectivity index (χ0) is 14.3. The first-order chi connectivity index (χ1) is 9.61. The average Bonchev–Trinajstić information content (AvgIpc) is 2.61.